The molecule has 0 spiro atoms. The van der Waals surface area contributed by atoms with Gasteiger partial charge in [-0.05, 0) is 86.6 Å². The number of carbonyl (C=O) groups is 2. The lowest BCUT2D eigenvalue weighted by Crippen LogP contribution is -2.34. The number of thioether (sulfide) groups is 1. The summed E-state index contributed by atoms with van der Waals surface area (Å²) in [5, 5.41) is 2.22. The van der Waals surface area contributed by atoms with Gasteiger partial charge in [-0.3, -0.25) is 14.5 Å². The molecule has 0 radical (unpaired) electrons. The van der Waals surface area contributed by atoms with Crippen molar-refractivity contribution in [2.24, 2.45) is 5.92 Å². The maximum Gasteiger partial charge on any atom is 0.293 e. The van der Waals surface area contributed by atoms with Crippen molar-refractivity contribution in [3.05, 3.63) is 81.2 Å². The Kier molecular flexibility index (Phi) is 7.07. The fraction of sp³-hybridized carbons (Fsp3) is 0.286. The number of benzene rings is 3. The van der Waals surface area contributed by atoms with Gasteiger partial charge in [0.15, 0.2) is 0 Å². The van der Waals surface area contributed by atoms with E-state index in [0.29, 0.717) is 24.0 Å². The molecule has 2 fully saturated rings. The van der Waals surface area contributed by atoms with Crippen molar-refractivity contribution in [3.8, 4) is 5.75 Å². The van der Waals surface area contributed by atoms with Crippen molar-refractivity contribution in [1.29, 1.82) is 0 Å². The Balaban J connectivity index is 1.27. The molecule has 0 atom stereocenters. The van der Waals surface area contributed by atoms with Crippen molar-refractivity contribution < 1.29 is 14.3 Å². The highest BCUT2D eigenvalue weighted by molar-refractivity contribution is 9.10. The molecule has 4 nitrogen and oxygen atoms in total. The van der Waals surface area contributed by atoms with Crippen molar-refractivity contribution in [2.45, 2.75) is 38.7 Å². The summed E-state index contributed by atoms with van der Waals surface area (Å²) in [6, 6.07) is 20.2. The van der Waals surface area contributed by atoms with Crippen LogP contribution in [0.2, 0.25) is 0 Å². The second kappa shape index (κ2) is 10.4. The number of fused-ring (bicyclic) bond motifs is 1. The van der Waals surface area contributed by atoms with Gasteiger partial charge in [-0.15, -0.1) is 0 Å². The largest absolute Gasteiger partial charge is 0.488 e. The standard InChI is InChI=1S/C28H26BrNO3S/c29-24-15-20(16-26-27(31)30(28(32)34-26)17-19-7-2-1-3-8-19)13-14-25(24)33-18-22-11-6-10-21-9-4-5-12-23(21)22/h4-6,9-16,19H,1-3,7-8,17-18H2/b26-16+. The predicted octanol–water partition coefficient (Wildman–Crippen LogP) is 7.80. The van der Waals surface area contributed by atoms with Gasteiger partial charge in [-0.1, -0.05) is 67.8 Å². The van der Waals surface area contributed by atoms with E-state index in [-0.39, 0.29) is 11.1 Å². The average Bonchev–Trinajstić information content (AvgIpc) is 3.11. The van der Waals surface area contributed by atoms with Gasteiger partial charge in [0, 0.05) is 6.54 Å². The Morgan fingerprint density at radius 2 is 1.79 bits per heavy atom. The molecule has 2 amide bonds. The van der Waals surface area contributed by atoms with Gasteiger partial charge in [0.25, 0.3) is 11.1 Å². The molecule has 0 N–H and O–H groups in total. The molecule has 3 aromatic rings. The van der Waals surface area contributed by atoms with Crippen molar-refractivity contribution in [3.63, 3.8) is 0 Å². The zero-order valence-corrected chi connectivity index (χ0v) is 21.2. The Labute approximate surface area is 212 Å². The number of ether oxygens (including phenoxy) is 1. The quantitative estimate of drug-likeness (QED) is 0.302. The molecule has 174 valence electrons. The monoisotopic (exact) mass is 535 g/mol. The fourth-order valence-corrected chi connectivity index (χ4v) is 6.09. The molecule has 1 heterocycles. The molecule has 6 heteroatoms. The predicted molar refractivity (Wildman–Crippen MR) is 142 cm³/mol. The first kappa shape index (κ1) is 23.2. The number of halogens is 1. The Bertz CT molecular complexity index is 1260. The molecule has 3 aromatic carbocycles. The lowest BCUT2D eigenvalue weighted by atomic mass is 9.89. The van der Waals surface area contributed by atoms with E-state index < -0.39 is 0 Å². The Morgan fingerprint density at radius 3 is 2.62 bits per heavy atom. The van der Waals surface area contributed by atoms with Gasteiger partial charge in [0.1, 0.15) is 12.4 Å². The van der Waals surface area contributed by atoms with Crippen LogP contribution in [0, 0.1) is 5.92 Å². The third kappa shape index (κ3) is 5.08. The van der Waals surface area contributed by atoms with E-state index >= 15 is 0 Å². The molecule has 0 unspecified atom stereocenters. The molecule has 5 rings (SSSR count). The maximum atomic E-state index is 12.9. The molecule has 0 aromatic heterocycles. The summed E-state index contributed by atoms with van der Waals surface area (Å²) in [7, 11) is 0. The second-order valence-corrected chi connectivity index (χ2v) is 10.8. The SMILES string of the molecule is O=C1S/C(=C/c2ccc(OCc3cccc4ccccc34)c(Br)c2)C(=O)N1CC1CCCCC1. The third-order valence-electron chi connectivity index (χ3n) is 6.56. The molecule has 1 saturated heterocycles. The van der Waals surface area contributed by atoms with Gasteiger partial charge in [0.05, 0.1) is 9.38 Å². The van der Waals surface area contributed by atoms with Gasteiger partial charge in [0.2, 0.25) is 0 Å². The minimum absolute atomic E-state index is 0.157. The first-order valence-corrected chi connectivity index (χ1v) is 13.3. The van der Waals surface area contributed by atoms with E-state index in [0.717, 1.165) is 46.0 Å². The van der Waals surface area contributed by atoms with Crippen LogP contribution in [-0.4, -0.2) is 22.6 Å². The highest BCUT2D eigenvalue weighted by Gasteiger charge is 2.36. The fourth-order valence-electron chi connectivity index (χ4n) is 4.73. The highest BCUT2D eigenvalue weighted by Crippen LogP contribution is 2.36. The van der Waals surface area contributed by atoms with Crippen LogP contribution in [0.1, 0.15) is 43.2 Å². The Morgan fingerprint density at radius 1 is 1.00 bits per heavy atom. The molecular weight excluding hydrogens is 510 g/mol. The van der Waals surface area contributed by atoms with E-state index in [1.165, 1.54) is 34.9 Å². The lowest BCUT2D eigenvalue weighted by molar-refractivity contribution is -0.123. The van der Waals surface area contributed by atoms with Gasteiger partial charge >= 0.3 is 0 Å². The number of imide groups is 1. The molecule has 34 heavy (non-hydrogen) atoms. The van der Waals surface area contributed by atoms with Crippen LogP contribution in [0.15, 0.2) is 70.0 Å². The molecule has 1 aliphatic carbocycles. The minimum Gasteiger partial charge on any atom is -0.488 e. The highest BCUT2D eigenvalue weighted by atomic mass is 79.9. The van der Waals surface area contributed by atoms with E-state index in [1.807, 2.05) is 36.4 Å². The zero-order valence-electron chi connectivity index (χ0n) is 18.8. The van der Waals surface area contributed by atoms with Crippen LogP contribution in [0.3, 0.4) is 0 Å². The number of hydrogen-bond donors (Lipinski definition) is 0. The summed E-state index contributed by atoms with van der Waals surface area (Å²) in [6.45, 7) is 1.01. The zero-order chi connectivity index (χ0) is 23.5. The molecule has 1 saturated carbocycles. The van der Waals surface area contributed by atoms with Crippen LogP contribution >= 0.6 is 27.7 Å². The molecular formula is C28H26BrNO3S. The van der Waals surface area contributed by atoms with Crippen molar-refractivity contribution in [2.75, 3.05) is 6.54 Å². The number of rotatable bonds is 6. The number of amides is 2. The van der Waals surface area contributed by atoms with Crippen LogP contribution < -0.4 is 4.74 Å². The first-order chi connectivity index (χ1) is 16.6. The third-order valence-corrected chi connectivity index (χ3v) is 8.08. The average molecular weight is 536 g/mol. The van der Waals surface area contributed by atoms with E-state index in [2.05, 4.69) is 40.2 Å². The van der Waals surface area contributed by atoms with Gasteiger partial charge in [-0.2, -0.15) is 0 Å². The number of carbonyl (C=O) groups excluding carboxylic acids is 2. The maximum absolute atomic E-state index is 12.9. The smallest absolute Gasteiger partial charge is 0.293 e. The molecule has 2 aliphatic rings. The van der Waals surface area contributed by atoms with Crippen LogP contribution in [0.4, 0.5) is 4.79 Å². The number of hydrogen-bond acceptors (Lipinski definition) is 4. The van der Waals surface area contributed by atoms with E-state index in [9.17, 15) is 9.59 Å². The molecule has 1 aliphatic heterocycles. The lowest BCUT2D eigenvalue weighted by Gasteiger charge is -2.25. The van der Waals surface area contributed by atoms with Crippen molar-refractivity contribution >= 4 is 55.7 Å². The first-order valence-electron chi connectivity index (χ1n) is 11.7. The van der Waals surface area contributed by atoms with Crippen LogP contribution in [0.5, 0.6) is 5.75 Å². The van der Waals surface area contributed by atoms with Gasteiger partial charge < -0.3 is 4.74 Å². The summed E-state index contributed by atoms with van der Waals surface area (Å²) in [5.74, 6) is 0.998. The van der Waals surface area contributed by atoms with Crippen molar-refractivity contribution in [1.82, 2.24) is 4.90 Å². The van der Waals surface area contributed by atoms with E-state index in [1.54, 1.807) is 6.08 Å². The summed E-state index contributed by atoms with van der Waals surface area (Å²) in [5.41, 5.74) is 1.98. The minimum atomic E-state index is -0.173. The topological polar surface area (TPSA) is 46.6 Å². The second-order valence-electron chi connectivity index (χ2n) is 8.91. The Hall–Kier alpha value is -2.57. The normalized spacial score (nSPS) is 18.3. The summed E-state index contributed by atoms with van der Waals surface area (Å²) in [6.07, 6.45) is 7.65. The van der Waals surface area contributed by atoms with Crippen LogP contribution in [-0.2, 0) is 11.4 Å². The number of nitrogens with zero attached hydrogens (tertiary/aromatic N) is 1. The van der Waals surface area contributed by atoms with Gasteiger partial charge in [-0.25, -0.2) is 0 Å². The summed E-state index contributed by atoms with van der Waals surface area (Å²) < 4.78 is 6.90. The van der Waals surface area contributed by atoms with Crippen LogP contribution in [0.25, 0.3) is 16.8 Å². The summed E-state index contributed by atoms with van der Waals surface area (Å²) in [4.78, 5) is 27.3. The van der Waals surface area contributed by atoms with E-state index in [4.69, 9.17) is 4.74 Å². The summed E-state index contributed by atoms with van der Waals surface area (Å²) >= 11 is 4.64. The molecule has 0 bridgehead atoms.